The molecule has 140 valence electrons. The minimum Gasteiger partial charge on any atom is -0.378 e. The summed E-state index contributed by atoms with van der Waals surface area (Å²) in [5.41, 5.74) is 0. The van der Waals surface area contributed by atoms with Gasteiger partial charge in [-0.25, -0.2) is 0 Å². The van der Waals surface area contributed by atoms with E-state index in [1.54, 1.807) is 6.07 Å². The van der Waals surface area contributed by atoms with Crippen LogP contribution in [0.25, 0.3) is 0 Å². The van der Waals surface area contributed by atoms with Gasteiger partial charge in [0.15, 0.2) is 0 Å². The van der Waals surface area contributed by atoms with Gasteiger partial charge in [0.05, 0.1) is 11.0 Å². The van der Waals surface area contributed by atoms with Crippen molar-refractivity contribution in [1.29, 1.82) is 0 Å². The average molecular weight is 367 g/mol. The first-order valence-corrected chi connectivity index (χ1v) is 10.2. The Kier molecular flexibility index (Phi) is 8.41. The van der Waals surface area contributed by atoms with Gasteiger partial charge in [-0.15, -0.1) is 11.3 Å². The molecule has 25 heavy (non-hydrogen) atoms. The molecular formula is C19H30N2O3S. The number of carbonyl (C=O) groups excluding carboxylic acids is 2. The highest BCUT2D eigenvalue weighted by atomic mass is 32.1. The van der Waals surface area contributed by atoms with E-state index in [2.05, 4.69) is 10.6 Å². The van der Waals surface area contributed by atoms with Crippen LogP contribution in [-0.2, 0) is 9.53 Å². The molecule has 0 saturated heterocycles. The summed E-state index contributed by atoms with van der Waals surface area (Å²) in [5, 5.41) is 7.61. The first-order valence-electron chi connectivity index (χ1n) is 9.31. The standard InChI is InChI=1S/C19H30N2O3S/c1-14(2)17(21-18(22)16-10-6-13-25-16)19(23)20-11-7-12-24-15-8-4-3-5-9-15/h6,10,13-15,17H,3-5,7-9,11-12H2,1-2H3,(H,20,23)(H,21,22). The molecule has 2 N–H and O–H groups in total. The molecule has 1 aromatic rings. The molecule has 1 aromatic heterocycles. The van der Waals surface area contributed by atoms with Gasteiger partial charge in [-0.3, -0.25) is 9.59 Å². The zero-order valence-corrected chi connectivity index (χ0v) is 16.1. The van der Waals surface area contributed by atoms with Crippen LogP contribution in [0.3, 0.4) is 0 Å². The normalized spacial score (nSPS) is 16.6. The Balaban J connectivity index is 1.68. The highest BCUT2D eigenvalue weighted by Crippen LogP contribution is 2.20. The fourth-order valence-electron chi connectivity index (χ4n) is 3.03. The Labute approximate surface area is 154 Å². The number of hydrogen-bond donors (Lipinski definition) is 2. The molecule has 1 atom stereocenters. The Morgan fingerprint density at radius 1 is 1.28 bits per heavy atom. The number of thiophene rings is 1. The van der Waals surface area contributed by atoms with Crippen LogP contribution >= 0.6 is 11.3 Å². The lowest BCUT2D eigenvalue weighted by atomic mass is 9.98. The highest BCUT2D eigenvalue weighted by molar-refractivity contribution is 7.12. The molecule has 1 saturated carbocycles. The second kappa shape index (κ2) is 10.6. The molecule has 0 aliphatic heterocycles. The molecule has 6 heteroatoms. The zero-order chi connectivity index (χ0) is 18.1. The number of amides is 2. The molecule has 2 amide bonds. The Hall–Kier alpha value is -1.40. The van der Waals surface area contributed by atoms with Crippen molar-refractivity contribution in [3.05, 3.63) is 22.4 Å². The molecule has 1 fully saturated rings. The van der Waals surface area contributed by atoms with Crippen molar-refractivity contribution >= 4 is 23.2 Å². The highest BCUT2D eigenvalue weighted by Gasteiger charge is 2.24. The Morgan fingerprint density at radius 3 is 2.68 bits per heavy atom. The Bertz CT molecular complexity index is 525. The van der Waals surface area contributed by atoms with E-state index in [4.69, 9.17) is 4.74 Å². The number of hydrogen-bond acceptors (Lipinski definition) is 4. The second-order valence-corrected chi connectivity index (χ2v) is 7.90. The molecule has 1 heterocycles. The van der Waals surface area contributed by atoms with Gasteiger partial charge in [0, 0.05) is 13.2 Å². The van der Waals surface area contributed by atoms with Crippen molar-refractivity contribution in [1.82, 2.24) is 10.6 Å². The van der Waals surface area contributed by atoms with Crippen LogP contribution in [0, 0.1) is 5.92 Å². The molecular weight excluding hydrogens is 336 g/mol. The first-order chi connectivity index (χ1) is 12.1. The summed E-state index contributed by atoms with van der Waals surface area (Å²) in [6.07, 6.45) is 7.38. The SMILES string of the molecule is CC(C)C(NC(=O)c1cccs1)C(=O)NCCCOC1CCCCC1. The molecule has 1 unspecified atom stereocenters. The first kappa shape index (κ1) is 19.9. The van der Waals surface area contributed by atoms with Crippen molar-refractivity contribution in [2.45, 2.75) is 64.5 Å². The number of carbonyl (C=O) groups is 2. The average Bonchev–Trinajstić information content (AvgIpc) is 3.14. The maximum atomic E-state index is 12.4. The van der Waals surface area contributed by atoms with Crippen LogP contribution in [0.5, 0.6) is 0 Å². The van der Waals surface area contributed by atoms with Crippen molar-refractivity contribution in [2.24, 2.45) is 5.92 Å². The summed E-state index contributed by atoms with van der Waals surface area (Å²) in [5.74, 6) is -0.288. The minimum absolute atomic E-state index is 0.0300. The van der Waals surface area contributed by atoms with Crippen molar-refractivity contribution in [2.75, 3.05) is 13.2 Å². The summed E-state index contributed by atoms with van der Waals surface area (Å²) in [7, 11) is 0. The van der Waals surface area contributed by atoms with Crippen molar-refractivity contribution < 1.29 is 14.3 Å². The van der Waals surface area contributed by atoms with E-state index in [9.17, 15) is 9.59 Å². The summed E-state index contributed by atoms with van der Waals surface area (Å²) in [6, 6.07) is 3.07. The molecule has 0 spiro atoms. The fourth-order valence-corrected chi connectivity index (χ4v) is 3.66. The van der Waals surface area contributed by atoms with E-state index in [0.29, 0.717) is 24.1 Å². The lowest BCUT2D eigenvalue weighted by molar-refractivity contribution is -0.124. The molecule has 5 nitrogen and oxygen atoms in total. The van der Waals surface area contributed by atoms with E-state index in [1.165, 1.54) is 30.6 Å². The summed E-state index contributed by atoms with van der Waals surface area (Å²) in [6.45, 7) is 5.12. The van der Waals surface area contributed by atoms with Crippen LogP contribution in [0.2, 0.25) is 0 Å². The maximum Gasteiger partial charge on any atom is 0.262 e. The molecule has 0 aromatic carbocycles. The van der Waals surface area contributed by atoms with E-state index < -0.39 is 6.04 Å². The van der Waals surface area contributed by atoms with Crippen LogP contribution in [0.4, 0.5) is 0 Å². The monoisotopic (exact) mass is 366 g/mol. The van der Waals surface area contributed by atoms with Gasteiger partial charge in [0.1, 0.15) is 6.04 Å². The predicted octanol–water partition coefficient (Wildman–Crippen LogP) is 3.36. The third-order valence-electron chi connectivity index (χ3n) is 4.51. The predicted molar refractivity (Wildman–Crippen MR) is 101 cm³/mol. The maximum absolute atomic E-state index is 12.4. The van der Waals surface area contributed by atoms with Gasteiger partial charge < -0.3 is 15.4 Å². The van der Waals surface area contributed by atoms with Gasteiger partial charge in [-0.1, -0.05) is 39.2 Å². The van der Waals surface area contributed by atoms with Gasteiger partial charge >= 0.3 is 0 Å². The molecule has 2 rings (SSSR count). The van der Waals surface area contributed by atoms with Crippen molar-refractivity contribution in [3.63, 3.8) is 0 Å². The Morgan fingerprint density at radius 2 is 2.04 bits per heavy atom. The van der Waals surface area contributed by atoms with E-state index in [-0.39, 0.29) is 17.7 Å². The summed E-state index contributed by atoms with van der Waals surface area (Å²) < 4.78 is 5.87. The quantitative estimate of drug-likeness (QED) is 0.659. The number of ether oxygens (including phenoxy) is 1. The van der Waals surface area contributed by atoms with Crippen LogP contribution < -0.4 is 10.6 Å². The van der Waals surface area contributed by atoms with Crippen LogP contribution in [0.15, 0.2) is 17.5 Å². The smallest absolute Gasteiger partial charge is 0.262 e. The van der Waals surface area contributed by atoms with Gasteiger partial charge in [-0.2, -0.15) is 0 Å². The van der Waals surface area contributed by atoms with E-state index in [0.717, 1.165) is 19.3 Å². The van der Waals surface area contributed by atoms with Gasteiger partial charge in [0.2, 0.25) is 5.91 Å². The number of rotatable bonds is 9. The fraction of sp³-hybridized carbons (Fsp3) is 0.684. The van der Waals surface area contributed by atoms with E-state index >= 15 is 0 Å². The largest absolute Gasteiger partial charge is 0.378 e. The molecule has 0 bridgehead atoms. The second-order valence-electron chi connectivity index (χ2n) is 6.95. The topological polar surface area (TPSA) is 67.4 Å². The molecule has 1 aliphatic carbocycles. The molecule has 0 radical (unpaired) electrons. The summed E-state index contributed by atoms with van der Waals surface area (Å²) in [4.78, 5) is 25.2. The zero-order valence-electron chi connectivity index (χ0n) is 15.3. The van der Waals surface area contributed by atoms with Crippen molar-refractivity contribution in [3.8, 4) is 0 Å². The number of nitrogens with one attached hydrogen (secondary N) is 2. The lowest BCUT2D eigenvalue weighted by Crippen LogP contribution is -2.49. The van der Waals surface area contributed by atoms with Gasteiger partial charge in [0.25, 0.3) is 5.91 Å². The van der Waals surface area contributed by atoms with Gasteiger partial charge in [-0.05, 0) is 36.6 Å². The third kappa shape index (κ3) is 6.78. The molecule has 1 aliphatic rings. The lowest BCUT2D eigenvalue weighted by Gasteiger charge is -2.23. The minimum atomic E-state index is -0.520. The third-order valence-corrected chi connectivity index (χ3v) is 5.38. The van der Waals surface area contributed by atoms with E-state index in [1.807, 2.05) is 25.3 Å². The summed E-state index contributed by atoms with van der Waals surface area (Å²) >= 11 is 1.37. The van der Waals surface area contributed by atoms with Crippen LogP contribution in [0.1, 0.15) is 62.0 Å². The van der Waals surface area contributed by atoms with Crippen LogP contribution in [-0.4, -0.2) is 37.1 Å².